The molecule has 0 aromatic heterocycles. The number of rotatable bonds is 49. The van der Waals surface area contributed by atoms with Crippen LogP contribution in [-0.2, 0) is 28.6 Å². The quantitative estimate of drug-likeness (QED) is 0.0262. The van der Waals surface area contributed by atoms with Crippen LogP contribution in [0.1, 0.15) is 258 Å². The van der Waals surface area contributed by atoms with Gasteiger partial charge < -0.3 is 14.2 Å². The SMILES string of the molecule is CC/C=C\C/C=C\C/C=C\C/C=C\CCCCCCCCC(=O)OCC(COC(=O)CCCCCCC/C=C\C/C=C\CC)OC(=O)CCCCCCCCC/C=C\CCCCCCCC. The van der Waals surface area contributed by atoms with Crippen LogP contribution in [0.5, 0.6) is 0 Å². The Morgan fingerprint density at radius 3 is 0.939 bits per heavy atom. The third kappa shape index (κ3) is 51.6. The molecule has 0 rings (SSSR count). The number of allylic oxidation sites excluding steroid dienone is 14. The number of ether oxygens (including phenoxy) is 3. The van der Waals surface area contributed by atoms with Crippen LogP contribution >= 0.6 is 0 Å². The normalized spacial score (nSPS) is 12.7. The maximum Gasteiger partial charge on any atom is 0.306 e. The van der Waals surface area contributed by atoms with E-state index in [0.29, 0.717) is 19.3 Å². The van der Waals surface area contributed by atoms with Crippen molar-refractivity contribution in [1.82, 2.24) is 0 Å². The van der Waals surface area contributed by atoms with Gasteiger partial charge in [-0.3, -0.25) is 14.4 Å². The Kier molecular flexibility index (Phi) is 51.4. The second-order valence-corrected chi connectivity index (χ2v) is 18.1. The predicted molar refractivity (Wildman–Crippen MR) is 284 cm³/mol. The lowest BCUT2D eigenvalue weighted by Gasteiger charge is -2.18. The van der Waals surface area contributed by atoms with E-state index in [-0.39, 0.29) is 31.1 Å². The second kappa shape index (κ2) is 54.2. The molecular weight excluding hydrogens is 817 g/mol. The van der Waals surface area contributed by atoms with E-state index in [4.69, 9.17) is 14.2 Å². The summed E-state index contributed by atoms with van der Waals surface area (Å²) in [6.07, 6.45) is 70.0. The monoisotopic (exact) mass is 919 g/mol. The van der Waals surface area contributed by atoms with Crippen molar-refractivity contribution in [2.75, 3.05) is 13.2 Å². The molecule has 0 spiro atoms. The molecule has 0 bridgehead atoms. The topological polar surface area (TPSA) is 78.9 Å². The average Bonchev–Trinajstić information content (AvgIpc) is 3.31. The smallest absolute Gasteiger partial charge is 0.306 e. The molecule has 0 heterocycles. The van der Waals surface area contributed by atoms with Crippen LogP contribution in [0.15, 0.2) is 85.1 Å². The Morgan fingerprint density at radius 1 is 0.318 bits per heavy atom. The van der Waals surface area contributed by atoms with E-state index < -0.39 is 6.10 Å². The van der Waals surface area contributed by atoms with Crippen LogP contribution in [0.25, 0.3) is 0 Å². The van der Waals surface area contributed by atoms with Gasteiger partial charge in [0.25, 0.3) is 0 Å². The predicted octanol–water partition coefficient (Wildman–Crippen LogP) is 18.4. The molecule has 0 fully saturated rings. The van der Waals surface area contributed by atoms with E-state index in [9.17, 15) is 14.4 Å². The molecule has 0 aliphatic rings. The second-order valence-electron chi connectivity index (χ2n) is 18.1. The number of hydrogen-bond acceptors (Lipinski definition) is 6. The Morgan fingerprint density at radius 2 is 0.591 bits per heavy atom. The minimum absolute atomic E-state index is 0.0905. The molecule has 0 saturated carbocycles. The first-order valence-electron chi connectivity index (χ1n) is 27.6. The zero-order valence-electron chi connectivity index (χ0n) is 43.2. The molecule has 66 heavy (non-hydrogen) atoms. The van der Waals surface area contributed by atoms with Crippen LogP contribution in [0.2, 0.25) is 0 Å². The van der Waals surface area contributed by atoms with Crippen LogP contribution in [0.3, 0.4) is 0 Å². The lowest BCUT2D eigenvalue weighted by atomic mass is 10.1. The highest BCUT2D eigenvalue weighted by atomic mass is 16.6. The van der Waals surface area contributed by atoms with Gasteiger partial charge in [-0.2, -0.15) is 0 Å². The molecule has 378 valence electrons. The summed E-state index contributed by atoms with van der Waals surface area (Å²) in [6, 6.07) is 0. The van der Waals surface area contributed by atoms with Crippen molar-refractivity contribution in [2.24, 2.45) is 0 Å². The largest absolute Gasteiger partial charge is 0.462 e. The maximum absolute atomic E-state index is 12.8. The Balaban J connectivity index is 4.40. The molecule has 0 amide bonds. The Bertz CT molecular complexity index is 1290. The summed E-state index contributed by atoms with van der Waals surface area (Å²) < 4.78 is 16.8. The fourth-order valence-corrected chi connectivity index (χ4v) is 7.52. The highest BCUT2D eigenvalue weighted by Gasteiger charge is 2.19. The minimum atomic E-state index is -0.791. The zero-order valence-corrected chi connectivity index (χ0v) is 43.2. The van der Waals surface area contributed by atoms with Gasteiger partial charge >= 0.3 is 17.9 Å². The van der Waals surface area contributed by atoms with Crippen molar-refractivity contribution in [3.63, 3.8) is 0 Å². The third-order valence-corrected chi connectivity index (χ3v) is 11.6. The number of carbonyl (C=O) groups is 3. The molecule has 1 atom stereocenters. The first kappa shape index (κ1) is 62.6. The number of esters is 3. The minimum Gasteiger partial charge on any atom is -0.462 e. The van der Waals surface area contributed by atoms with E-state index in [1.54, 1.807) is 0 Å². The molecule has 0 saturated heterocycles. The van der Waals surface area contributed by atoms with Crippen molar-refractivity contribution < 1.29 is 28.6 Å². The van der Waals surface area contributed by atoms with Gasteiger partial charge in [0.05, 0.1) is 0 Å². The van der Waals surface area contributed by atoms with Gasteiger partial charge in [0.2, 0.25) is 0 Å². The molecule has 0 N–H and O–H groups in total. The fourth-order valence-electron chi connectivity index (χ4n) is 7.52. The number of carbonyl (C=O) groups excluding carboxylic acids is 3. The van der Waals surface area contributed by atoms with Gasteiger partial charge in [-0.1, -0.05) is 215 Å². The molecule has 0 aromatic carbocycles. The van der Waals surface area contributed by atoms with Crippen molar-refractivity contribution in [2.45, 2.75) is 264 Å². The van der Waals surface area contributed by atoms with Crippen LogP contribution in [0, 0.1) is 0 Å². The lowest BCUT2D eigenvalue weighted by Crippen LogP contribution is -2.30. The third-order valence-electron chi connectivity index (χ3n) is 11.6. The summed E-state index contributed by atoms with van der Waals surface area (Å²) in [5.74, 6) is -0.920. The zero-order chi connectivity index (χ0) is 47.9. The van der Waals surface area contributed by atoms with Crippen LogP contribution in [0.4, 0.5) is 0 Å². The van der Waals surface area contributed by atoms with Gasteiger partial charge in [-0.15, -0.1) is 0 Å². The van der Waals surface area contributed by atoms with Crippen molar-refractivity contribution in [3.05, 3.63) is 85.1 Å². The molecule has 0 aliphatic heterocycles. The summed E-state index contributed by atoms with van der Waals surface area (Å²) >= 11 is 0. The van der Waals surface area contributed by atoms with Crippen LogP contribution in [-0.4, -0.2) is 37.2 Å². The molecule has 6 nitrogen and oxygen atoms in total. The van der Waals surface area contributed by atoms with Gasteiger partial charge in [-0.25, -0.2) is 0 Å². The van der Waals surface area contributed by atoms with Gasteiger partial charge in [-0.05, 0) is 109 Å². The summed E-state index contributed by atoms with van der Waals surface area (Å²) in [6.45, 7) is 6.39. The first-order valence-corrected chi connectivity index (χ1v) is 27.6. The van der Waals surface area contributed by atoms with E-state index in [0.717, 1.165) is 128 Å². The Labute approximate surface area is 407 Å². The molecule has 0 aromatic rings. The first-order chi connectivity index (χ1) is 32.5. The number of unbranched alkanes of at least 4 members (excludes halogenated alkanes) is 24. The average molecular weight is 919 g/mol. The summed E-state index contributed by atoms with van der Waals surface area (Å²) in [5.41, 5.74) is 0. The van der Waals surface area contributed by atoms with E-state index in [1.165, 1.54) is 89.9 Å². The van der Waals surface area contributed by atoms with Gasteiger partial charge in [0.1, 0.15) is 13.2 Å². The van der Waals surface area contributed by atoms with Crippen LogP contribution < -0.4 is 0 Å². The summed E-state index contributed by atoms with van der Waals surface area (Å²) in [7, 11) is 0. The Hall–Kier alpha value is -3.41. The van der Waals surface area contributed by atoms with E-state index in [2.05, 4.69) is 106 Å². The van der Waals surface area contributed by atoms with Gasteiger partial charge in [0.15, 0.2) is 6.10 Å². The maximum atomic E-state index is 12.8. The fraction of sp³-hybridized carbons (Fsp3) is 0.717. The standard InChI is InChI=1S/C60H102O6/c1-4-7-10-13-16-19-22-25-27-29-30-32-33-35-38-41-44-47-50-53-59(62)65-56-57(55-64-58(61)52-49-46-43-40-37-24-21-18-15-12-9-6-3)66-60(63)54-51-48-45-42-39-36-34-31-28-26-23-20-17-14-11-8-5-2/h7,9-10,12,16,18-19,21,25-28,30,32,57H,4-6,8,11,13-15,17,20,22-24,29,31,33-56H2,1-3H3/b10-7-,12-9-,19-16-,21-18-,27-25-,28-26-,32-30-. The number of hydrogen-bond donors (Lipinski definition) is 0. The van der Waals surface area contributed by atoms with Crippen molar-refractivity contribution >= 4 is 17.9 Å². The highest BCUT2D eigenvalue weighted by molar-refractivity contribution is 5.71. The molecule has 0 radical (unpaired) electrons. The van der Waals surface area contributed by atoms with E-state index >= 15 is 0 Å². The molecule has 1 unspecified atom stereocenters. The summed E-state index contributed by atoms with van der Waals surface area (Å²) in [4.78, 5) is 38.1. The van der Waals surface area contributed by atoms with Crippen molar-refractivity contribution in [3.8, 4) is 0 Å². The van der Waals surface area contributed by atoms with E-state index in [1.807, 2.05) is 0 Å². The van der Waals surface area contributed by atoms with Gasteiger partial charge in [0, 0.05) is 19.3 Å². The highest BCUT2D eigenvalue weighted by Crippen LogP contribution is 2.14. The molecular formula is C60H102O6. The van der Waals surface area contributed by atoms with Crippen molar-refractivity contribution in [1.29, 1.82) is 0 Å². The lowest BCUT2D eigenvalue weighted by molar-refractivity contribution is -0.167. The molecule has 0 aliphatic carbocycles. The molecule has 6 heteroatoms. The summed E-state index contributed by atoms with van der Waals surface area (Å²) in [5, 5.41) is 0.